The summed E-state index contributed by atoms with van der Waals surface area (Å²) < 4.78 is 4.58. The summed E-state index contributed by atoms with van der Waals surface area (Å²) >= 11 is 0. The largest absolute Gasteiger partial charge is 0.468 e. The Morgan fingerprint density at radius 3 is 2.31 bits per heavy atom. The van der Waals surface area contributed by atoms with Gasteiger partial charge in [-0.15, -0.1) is 0 Å². The molecule has 0 spiro atoms. The number of hydrogen-bond donors (Lipinski definition) is 0. The SMILES string of the molecule is CCCC(C)C(=O)N(CCC)CC(=O)OC. The molecule has 1 amide bonds. The lowest BCUT2D eigenvalue weighted by Crippen LogP contribution is -2.39. The van der Waals surface area contributed by atoms with Crippen molar-refractivity contribution in [1.82, 2.24) is 4.90 Å². The van der Waals surface area contributed by atoms with Crippen LogP contribution in [0.4, 0.5) is 0 Å². The molecule has 16 heavy (non-hydrogen) atoms. The van der Waals surface area contributed by atoms with Crippen LogP contribution in [0.2, 0.25) is 0 Å². The Kier molecular flexibility index (Phi) is 7.60. The first-order valence-corrected chi connectivity index (χ1v) is 5.92. The van der Waals surface area contributed by atoms with Crippen molar-refractivity contribution < 1.29 is 14.3 Å². The van der Waals surface area contributed by atoms with Crippen LogP contribution in [0.5, 0.6) is 0 Å². The molecule has 0 aliphatic rings. The summed E-state index contributed by atoms with van der Waals surface area (Å²) in [7, 11) is 1.34. The van der Waals surface area contributed by atoms with Gasteiger partial charge in [-0.25, -0.2) is 0 Å². The number of amides is 1. The Morgan fingerprint density at radius 2 is 1.88 bits per heavy atom. The van der Waals surface area contributed by atoms with Gasteiger partial charge in [-0.1, -0.05) is 27.2 Å². The average molecular weight is 229 g/mol. The number of methoxy groups -OCH3 is 1. The normalized spacial score (nSPS) is 12.0. The van der Waals surface area contributed by atoms with Crippen molar-refractivity contribution in [1.29, 1.82) is 0 Å². The molecular weight excluding hydrogens is 206 g/mol. The highest BCUT2D eigenvalue weighted by molar-refractivity contribution is 5.83. The maximum Gasteiger partial charge on any atom is 0.325 e. The summed E-state index contributed by atoms with van der Waals surface area (Å²) in [5, 5.41) is 0. The molecule has 0 aliphatic carbocycles. The number of esters is 1. The second-order valence-corrected chi connectivity index (χ2v) is 4.03. The van der Waals surface area contributed by atoms with Crippen LogP contribution in [0.15, 0.2) is 0 Å². The van der Waals surface area contributed by atoms with Crippen LogP contribution < -0.4 is 0 Å². The lowest BCUT2D eigenvalue weighted by atomic mass is 10.0. The fourth-order valence-electron chi connectivity index (χ4n) is 1.63. The highest BCUT2D eigenvalue weighted by Gasteiger charge is 2.21. The van der Waals surface area contributed by atoms with Crippen molar-refractivity contribution in [2.75, 3.05) is 20.2 Å². The summed E-state index contributed by atoms with van der Waals surface area (Å²) in [5.41, 5.74) is 0. The number of carbonyl (C=O) groups is 2. The lowest BCUT2D eigenvalue weighted by Gasteiger charge is -2.24. The van der Waals surface area contributed by atoms with Crippen molar-refractivity contribution >= 4 is 11.9 Å². The molecule has 1 unspecified atom stereocenters. The molecular formula is C12H23NO3. The third-order valence-corrected chi connectivity index (χ3v) is 2.50. The zero-order chi connectivity index (χ0) is 12.6. The van der Waals surface area contributed by atoms with E-state index in [-0.39, 0.29) is 24.3 Å². The zero-order valence-electron chi connectivity index (χ0n) is 10.8. The Hall–Kier alpha value is -1.06. The van der Waals surface area contributed by atoms with Gasteiger partial charge in [-0.3, -0.25) is 9.59 Å². The monoisotopic (exact) mass is 229 g/mol. The van der Waals surface area contributed by atoms with Gasteiger partial charge < -0.3 is 9.64 Å². The molecule has 0 bridgehead atoms. The maximum absolute atomic E-state index is 12.0. The van der Waals surface area contributed by atoms with E-state index in [0.717, 1.165) is 19.3 Å². The van der Waals surface area contributed by atoms with Gasteiger partial charge in [0.05, 0.1) is 7.11 Å². The summed E-state index contributed by atoms with van der Waals surface area (Å²) in [6, 6.07) is 0. The topological polar surface area (TPSA) is 46.6 Å². The van der Waals surface area contributed by atoms with Crippen LogP contribution in [0.1, 0.15) is 40.0 Å². The molecule has 1 atom stereocenters. The van der Waals surface area contributed by atoms with Gasteiger partial charge in [0.25, 0.3) is 0 Å². The predicted octanol–water partition coefficient (Wildman–Crippen LogP) is 1.83. The van der Waals surface area contributed by atoms with Crippen LogP contribution in [-0.4, -0.2) is 37.0 Å². The first kappa shape index (κ1) is 14.9. The number of carbonyl (C=O) groups excluding carboxylic acids is 2. The van der Waals surface area contributed by atoms with E-state index in [1.54, 1.807) is 4.90 Å². The summed E-state index contributed by atoms with van der Waals surface area (Å²) in [6.07, 6.45) is 2.69. The van der Waals surface area contributed by atoms with Crippen molar-refractivity contribution in [2.24, 2.45) is 5.92 Å². The highest BCUT2D eigenvalue weighted by Crippen LogP contribution is 2.10. The van der Waals surface area contributed by atoms with Gasteiger partial charge in [0.2, 0.25) is 5.91 Å². The van der Waals surface area contributed by atoms with E-state index < -0.39 is 0 Å². The molecule has 0 aromatic carbocycles. The molecule has 0 radical (unpaired) electrons. The fraction of sp³-hybridized carbons (Fsp3) is 0.833. The molecule has 4 nitrogen and oxygen atoms in total. The van der Waals surface area contributed by atoms with Crippen molar-refractivity contribution in [3.63, 3.8) is 0 Å². The molecule has 0 aliphatic heterocycles. The van der Waals surface area contributed by atoms with Crippen LogP contribution in [-0.2, 0) is 14.3 Å². The second-order valence-electron chi connectivity index (χ2n) is 4.03. The van der Waals surface area contributed by atoms with Crippen molar-refractivity contribution in [2.45, 2.75) is 40.0 Å². The lowest BCUT2D eigenvalue weighted by molar-refractivity contribution is -0.148. The van der Waals surface area contributed by atoms with E-state index in [1.807, 2.05) is 20.8 Å². The quantitative estimate of drug-likeness (QED) is 0.626. The minimum atomic E-state index is -0.356. The summed E-state index contributed by atoms with van der Waals surface area (Å²) in [4.78, 5) is 24.7. The van der Waals surface area contributed by atoms with Crippen molar-refractivity contribution in [3.05, 3.63) is 0 Å². The Bertz CT molecular complexity index is 228. The second kappa shape index (κ2) is 8.13. The molecule has 0 N–H and O–H groups in total. The van der Waals surface area contributed by atoms with E-state index >= 15 is 0 Å². The highest BCUT2D eigenvalue weighted by atomic mass is 16.5. The fourth-order valence-corrected chi connectivity index (χ4v) is 1.63. The molecule has 0 saturated heterocycles. The van der Waals surface area contributed by atoms with Crippen LogP contribution in [0.25, 0.3) is 0 Å². The first-order chi connectivity index (χ1) is 7.56. The molecule has 4 heteroatoms. The van der Waals surface area contributed by atoms with E-state index in [4.69, 9.17) is 0 Å². The molecule has 0 heterocycles. The number of ether oxygens (including phenoxy) is 1. The summed E-state index contributed by atoms with van der Waals surface area (Å²) in [5.74, 6) is -0.319. The van der Waals surface area contributed by atoms with E-state index in [2.05, 4.69) is 4.74 Å². The van der Waals surface area contributed by atoms with E-state index in [0.29, 0.717) is 6.54 Å². The Morgan fingerprint density at radius 1 is 1.25 bits per heavy atom. The molecule has 0 aromatic rings. The molecule has 94 valence electrons. The van der Waals surface area contributed by atoms with Crippen LogP contribution in [0, 0.1) is 5.92 Å². The Balaban J connectivity index is 4.38. The molecule has 0 aromatic heterocycles. The van der Waals surface area contributed by atoms with Gasteiger partial charge in [-0.05, 0) is 12.8 Å². The van der Waals surface area contributed by atoms with Crippen LogP contribution in [0.3, 0.4) is 0 Å². The third-order valence-electron chi connectivity index (χ3n) is 2.50. The third kappa shape index (κ3) is 5.14. The maximum atomic E-state index is 12.0. The number of rotatable bonds is 7. The predicted molar refractivity (Wildman–Crippen MR) is 63.0 cm³/mol. The van der Waals surface area contributed by atoms with Gasteiger partial charge in [0.1, 0.15) is 6.54 Å². The zero-order valence-corrected chi connectivity index (χ0v) is 10.8. The van der Waals surface area contributed by atoms with E-state index in [9.17, 15) is 9.59 Å². The van der Waals surface area contributed by atoms with Gasteiger partial charge in [0.15, 0.2) is 0 Å². The first-order valence-electron chi connectivity index (χ1n) is 5.92. The van der Waals surface area contributed by atoms with E-state index in [1.165, 1.54) is 7.11 Å². The van der Waals surface area contributed by atoms with Gasteiger partial charge in [0, 0.05) is 12.5 Å². The summed E-state index contributed by atoms with van der Waals surface area (Å²) in [6.45, 7) is 6.63. The van der Waals surface area contributed by atoms with Crippen LogP contribution >= 0.6 is 0 Å². The van der Waals surface area contributed by atoms with Gasteiger partial charge >= 0.3 is 5.97 Å². The molecule has 0 rings (SSSR count). The minimum absolute atomic E-state index is 0.0128. The Labute approximate surface area is 98.0 Å². The molecule has 0 fully saturated rings. The standard InChI is InChI=1S/C12H23NO3/c1-5-7-10(3)12(15)13(8-6-2)9-11(14)16-4/h10H,5-9H2,1-4H3. The minimum Gasteiger partial charge on any atom is -0.468 e. The number of hydrogen-bond acceptors (Lipinski definition) is 3. The number of nitrogens with zero attached hydrogens (tertiary/aromatic N) is 1. The smallest absolute Gasteiger partial charge is 0.325 e. The molecule has 0 saturated carbocycles. The van der Waals surface area contributed by atoms with Crippen molar-refractivity contribution in [3.8, 4) is 0 Å². The van der Waals surface area contributed by atoms with Gasteiger partial charge in [-0.2, -0.15) is 0 Å². The average Bonchev–Trinajstić information content (AvgIpc) is 2.27.